The third kappa shape index (κ3) is 7.40. The predicted molar refractivity (Wildman–Crippen MR) is 133 cm³/mol. The van der Waals surface area contributed by atoms with E-state index < -0.39 is 0 Å². The van der Waals surface area contributed by atoms with Gasteiger partial charge in [0.2, 0.25) is 0 Å². The summed E-state index contributed by atoms with van der Waals surface area (Å²) in [5, 5.41) is 9.87. The van der Waals surface area contributed by atoms with Crippen LogP contribution < -0.4 is 10.2 Å². The molecule has 0 aliphatic carbocycles. The molecule has 1 saturated heterocycles. The average Bonchev–Trinajstić information content (AvgIpc) is 2.87. The number of anilines is 1. The molecular weight excluding hydrogens is 432 g/mol. The van der Waals surface area contributed by atoms with E-state index in [4.69, 9.17) is 4.74 Å². The molecule has 1 fully saturated rings. The summed E-state index contributed by atoms with van der Waals surface area (Å²) in [5.41, 5.74) is 5.16. The van der Waals surface area contributed by atoms with Crippen molar-refractivity contribution < 1.29 is 19.1 Å². The van der Waals surface area contributed by atoms with Gasteiger partial charge in [0.15, 0.2) is 0 Å². The zero-order valence-electron chi connectivity index (χ0n) is 20.3. The Kier molecular flexibility index (Phi) is 9.61. The Hall–Kier alpha value is -3.23. The second-order valence-electron chi connectivity index (χ2n) is 8.10. The normalized spacial score (nSPS) is 15.2. The fourth-order valence-electron chi connectivity index (χ4n) is 3.73. The number of nitrogens with zero attached hydrogens (tertiary/aromatic N) is 3. The van der Waals surface area contributed by atoms with Gasteiger partial charge in [-0.25, -0.2) is 0 Å². The van der Waals surface area contributed by atoms with Crippen LogP contribution in [0, 0.1) is 0 Å². The maximum absolute atomic E-state index is 12.9. The van der Waals surface area contributed by atoms with E-state index in [2.05, 4.69) is 21.2 Å². The van der Waals surface area contributed by atoms with Gasteiger partial charge in [-0.15, -0.1) is 0 Å². The quantitative estimate of drug-likeness (QED) is 0.539. The number of rotatable bonds is 5. The van der Waals surface area contributed by atoms with Crippen LogP contribution >= 0.6 is 0 Å². The highest BCUT2D eigenvalue weighted by molar-refractivity contribution is 6.06. The molecule has 182 valence electrons. The smallest absolute Gasteiger partial charge is 0.302 e. The van der Waals surface area contributed by atoms with Gasteiger partial charge in [0.25, 0.3) is 5.91 Å². The third-order valence-corrected chi connectivity index (χ3v) is 5.63. The van der Waals surface area contributed by atoms with E-state index in [-0.39, 0.29) is 11.9 Å². The molecule has 0 bridgehead atoms. The van der Waals surface area contributed by atoms with E-state index in [0.29, 0.717) is 6.61 Å². The van der Waals surface area contributed by atoms with Crippen LogP contribution in [0.15, 0.2) is 47.6 Å². The first-order valence-corrected chi connectivity index (χ1v) is 11.7. The van der Waals surface area contributed by atoms with Crippen molar-refractivity contribution in [2.75, 3.05) is 51.4 Å². The lowest BCUT2D eigenvalue weighted by atomic mass is 9.98. The highest BCUT2D eigenvalue weighted by Gasteiger charge is 2.16. The van der Waals surface area contributed by atoms with Gasteiger partial charge in [-0.2, -0.15) is 5.10 Å². The molecule has 2 aromatic carbocycles. The van der Waals surface area contributed by atoms with E-state index in [0.717, 1.165) is 62.6 Å². The molecule has 0 saturated carbocycles. The number of ether oxygens (including phenoxy) is 2. The van der Waals surface area contributed by atoms with Crippen LogP contribution in [0.4, 0.5) is 5.69 Å². The Morgan fingerprint density at radius 2 is 1.88 bits per heavy atom. The lowest BCUT2D eigenvalue weighted by Crippen LogP contribution is -2.32. The van der Waals surface area contributed by atoms with Gasteiger partial charge in [0, 0.05) is 31.8 Å². The standard InChI is InChI=1S/C22H26N4O2.C4H8O2/c1-25(22(27)19-5-4-18-8-9-23-16-20(18)14-19)21-6-2-17(3-7-21)15-24-26-10-12-28-13-11-26;1-3-6-4(2)5/h2-7,14-15,23H,8-13,16H2,1H3;3H2,1-2H3. The second kappa shape index (κ2) is 12.9. The van der Waals surface area contributed by atoms with Gasteiger partial charge < -0.3 is 19.7 Å². The van der Waals surface area contributed by atoms with Crippen molar-refractivity contribution in [1.29, 1.82) is 0 Å². The van der Waals surface area contributed by atoms with Gasteiger partial charge >= 0.3 is 5.97 Å². The molecule has 0 aromatic heterocycles. The van der Waals surface area contributed by atoms with Crippen molar-refractivity contribution in [3.05, 3.63) is 64.7 Å². The topological polar surface area (TPSA) is 83.5 Å². The van der Waals surface area contributed by atoms with E-state index in [1.54, 1.807) is 11.8 Å². The molecule has 2 aliphatic heterocycles. The highest BCUT2D eigenvalue weighted by atomic mass is 16.5. The number of hydrogen-bond acceptors (Lipinski definition) is 7. The molecular formula is C26H34N4O4. The van der Waals surface area contributed by atoms with Crippen molar-refractivity contribution in [3.63, 3.8) is 0 Å². The molecule has 0 atom stereocenters. The van der Waals surface area contributed by atoms with Crippen LogP contribution in [0.5, 0.6) is 0 Å². The zero-order valence-corrected chi connectivity index (χ0v) is 20.3. The first kappa shape index (κ1) is 25.4. The molecule has 8 heteroatoms. The Bertz CT molecular complexity index is 985. The summed E-state index contributed by atoms with van der Waals surface area (Å²) in [7, 11) is 1.82. The Morgan fingerprint density at radius 1 is 1.15 bits per heavy atom. The number of morpholine rings is 1. The summed E-state index contributed by atoms with van der Waals surface area (Å²) in [6.07, 6.45) is 2.88. The first-order chi connectivity index (χ1) is 16.5. The predicted octanol–water partition coefficient (Wildman–Crippen LogP) is 2.84. The summed E-state index contributed by atoms with van der Waals surface area (Å²) >= 11 is 0. The van der Waals surface area contributed by atoms with Crippen LogP contribution in [-0.2, 0) is 27.2 Å². The molecule has 2 aromatic rings. The molecule has 2 heterocycles. The molecule has 4 rings (SSSR count). The summed E-state index contributed by atoms with van der Waals surface area (Å²) in [5.74, 6) is -0.208. The van der Waals surface area contributed by atoms with Crippen LogP contribution in [0.2, 0.25) is 0 Å². The van der Waals surface area contributed by atoms with E-state index >= 15 is 0 Å². The number of benzene rings is 2. The molecule has 1 N–H and O–H groups in total. The van der Waals surface area contributed by atoms with Crippen molar-refractivity contribution in [3.8, 4) is 0 Å². The van der Waals surface area contributed by atoms with Crippen molar-refractivity contribution in [2.24, 2.45) is 5.10 Å². The molecule has 0 radical (unpaired) electrons. The van der Waals surface area contributed by atoms with Crippen molar-refractivity contribution in [1.82, 2.24) is 10.3 Å². The minimum atomic E-state index is -0.211. The van der Waals surface area contributed by atoms with Gasteiger partial charge in [0.05, 0.1) is 39.1 Å². The highest BCUT2D eigenvalue weighted by Crippen LogP contribution is 2.20. The zero-order chi connectivity index (χ0) is 24.3. The molecule has 8 nitrogen and oxygen atoms in total. The van der Waals surface area contributed by atoms with Crippen LogP contribution in [0.3, 0.4) is 0 Å². The summed E-state index contributed by atoms with van der Waals surface area (Å²) in [6.45, 7) is 8.58. The fraction of sp³-hybridized carbons (Fsp3) is 0.423. The van der Waals surface area contributed by atoms with E-state index in [1.807, 2.05) is 54.7 Å². The lowest BCUT2D eigenvalue weighted by molar-refractivity contribution is -0.140. The minimum Gasteiger partial charge on any atom is -0.466 e. The van der Waals surface area contributed by atoms with Crippen molar-refractivity contribution in [2.45, 2.75) is 26.8 Å². The number of carbonyl (C=O) groups excluding carboxylic acids is 2. The maximum atomic E-state index is 12.9. The number of hydrazone groups is 1. The number of fused-ring (bicyclic) bond motifs is 1. The minimum absolute atomic E-state index is 0.00288. The first-order valence-electron chi connectivity index (χ1n) is 11.7. The number of nitrogens with one attached hydrogen (secondary N) is 1. The van der Waals surface area contributed by atoms with Gasteiger partial charge in [-0.05, 0) is 60.8 Å². The summed E-state index contributed by atoms with van der Waals surface area (Å²) in [6, 6.07) is 13.9. The number of amides is 1. The Balaban J connectivity index is 0.000000481. The average molecular weight is 467 g/mol. The Morgan fingerprint density at radius 3 is 2.53 bits per heavy atom. The monoisotopic (exact) mass is 466 g/mol. The van der Waals surface area contributed by atoms with E-state index in [9.17, 15) is 9.59 Å². The lowest BCUT2D eigenvalue weighted by Gasteiger charge is -2.23. The number of carbonyl (C=O) groups is 2. The Labute approximate surface area is 201 Å². The van der Waals surface area contributed by atoms with Gasteiger partial charge in [0.1, 0.15) is 0 Å². The molecule has 0 spiro atoms. The van der Waals surface area contributed by atoms with Crippen LogP contribution in [-0.4, -0.2) is 69.6 Å². The molecule has 0 unspecified atom stereocenters. The third-order valence-electron chi connectivity index (χ3n) is 5.63. The SMILES string of the molecule is CCOC(C)=O.CN(C(=O)c1ccc2c(c1)CNCC2)c1ccc(C=NN2CCOCC2)cc1. The maximum Gasteiger partial charge on any atom is 0.302 e. The van der Waals surface area contributed by atoms with Gasteiger partial charge in [-0.1, -0.05) is 18.2 Å². The largest absolute Gasteiger partial charge is 0.466 e. The number of esters is 1. The van der Waals surface area contributed by atoms with Gasteiger partial charge in [-0.3, -0.25) is 14.6 Å². The van der Waals surface area contributed by atoms with Crippen molar-refractivity contribution >= 4 is 23.8 Å². The molecule has 1 amide bonds. The van der Waals surface area contributed by atoms with Crippen LogP contribution in [0.1, 0.15) is 40.9 Å². The second-order valence-corrected chi connectivity index (χ2v) is 8.10. The molecule has 2 aliphatic rings. The van der Waals surface area contributed by atoms with Crippen LogP contribution in [0.25, 0.3) is 0 Å². The van der Waals surface area contributed by atoms with E-state index in [1.165, 1.54) is 18.1 Å². The summed E-state index contributed by atoms with van der Waals surface area (Å²) in [4.78, 5) is 24.4. The number of hydrogen-bond donors (Lipinski definition) is 1. The fourth-order valence-corrected chi connectivity index (χ4v) is 3.73. The summed E-state index contributed by atoms with van der Waals surface area (Å²) < 4.78 is 9.73. The molecule has 34 heavy (non-hydrogen) atoms.